The molecule has 0 saturated carbocycles. The first-order chi connectivity index (χ1) is 15.1. The number of aromatic hydroxyl groups is 1. The Morgan fingerprint density at radius 2 is 1.48 bits per heavy atom. The Kier molecular flexibility index (Phi) is 7.45. The summed E-state index contributed by atoms with van der Waals surface area (Å²) in [5.41, 5.74) is 1.29. The van der Waals surface area contributed by atoms with Crippen molar-refractivity contribution in [2.45, 2.75) is 70.1 Å². The van der Waals surface area contributed by atoms with Crippen LogP contribution < -0.4 is 0 Å². The Bertz CT molecular complexity index is 1180. The normalized spacial score (nSPS) is 12.9. The van der Waals surface area contributed by atoms with Crippen LogP contribution in [0.25, 0.3) is 4.91 Å². The van der Waals surface area contributed by atoms with E-state index in [4.69, 9.17) is 5.11 Å². The number of carbonyl (C=O) groups is 1. The number of sulfone groups is 1. The Morgan fingerprint density at radius 3 is 1.88 bits per heavy atom. The molecule has 33 heavy (non-hydrogen) atoms. The van der Waals surface area contributed by atoms with E-state index in [0.717, 1.165) is 6.08 Å². The second-order valence-electron chi connectivity index (χ2n) is 10.1. The number of nitriles is 1. The van der Waals surface area contributed by atoms with Crippen LogP contribution in [0.1, 0.15) is 70.2 Å². The number of hydrogen-bond acceptors (Lipinski definition) is 5. The third kappa shape index (κ3) is 6.02. The lowest BCUT2D eigenvalue weighted by molar-refractivity contribution is -0.136. The molecule has 0 aliphatic heterocycles. The minimum absolute atomic E-state index is 0.00534. The maximum absolute atomic E-state index is 13.5. The molecule has 2 aromatic rings. The van der Waals surface area contributed by atoms with Crippen molar-refractivity contribution in [3.8, 4) is 11.8 Å². The van der Waals surface area contributed by atoms with Crippen LogP contribution in [0, 0.1) is 11.3 Å². The van der Waals surface area contributed by atoms with Crippen LogP contribution in [0.4, 0.5) is 0 Å². The van der Waals surface area contributed by atoms with Gasteiger partial charge in [0.15, 0.2) is 0 Å². The van der Waals surface area contributed by atoms with Crippen LogP contribution in [0.3, 0.4) is 0 Å². The minimum Gasteiger partial charge on any atom is -0.507 e. The highest BCUT2D eigenvalue weighted by molar-refractivity contribution is 8.00. The van der Waals surface area contributed by atoms with Crippen molar-refractivity contribution in [1.82, 2.24) is 0 Å². The van der Waals surface area contributed by atoms with E-state index in [1.165, 1.54) is 12.1 Å². The van der Waals surface area contributed by atoms with Crippen LogP contribution in [0.2, 0.25) is 0 Å². The standard InChI is InChI=1S/C26H31NO5S/c1-25(2,3)20-15-18(16-21(24(20)30)26(4,5)6)22(13-14-27)33(31,32)19-10-7-17(8-11-19)9-12-23(28)29/h7-8,10-11,13,15-16,30H,9,12H2,1-6H3,(H,28,29)/b22-13+. The first-order valence-corrected chi connectivity index (χ1v) is 12.1. The molecule has 0 spiro atoms. The number of hydrogen-bond donors (Lipinski definition) is 2. The first-order valence-electron chi connectivity index (χ1n) is 10.6. The highest BCUT2D eigenvalue weighted by Gasteiger charge is 2.30. The molecule has 0 amide bonds. The summed E-state index contributed by atoms with van der Waals surface area (Å²) in [5, 5.41) is 29.2. The Hall–Kier alpha value is -3.11. The molecule has 0 heterocycles. The molecule has 2 aromatic carbocycles. The van der Waals surface area contributed by atoms with E-state index in [1.54, 1.807) is 24.3 Å². The molecule has 0 aromatic heterocycles. The molecule has 0 atom stereocenters. The lowest BCUT2D eigenvalue weighted by atomic mass is 9.78. The van der Waals surface area contributed by atoms with Gasteiger partial charge in [-0.3, -0.25) is 4.79 Å². The number of aryl methyl sites for hydroxylation is 1. The fraction of sp³-hybridized carbons (Fsp3) is 0.385. The zero-order valence-corrected chi connectivity index (χ0v) is 20.7. The maximum atomic E-state index is 13.5. The van der Waals surface area contributed by atoms with Crippen LogP contribution in [-0.2, 0) is 31.9 Å². The van der Waals surface area contributed by atoms with Crippen LogP contribution >= 0.6 is 0 Å². The number of allylic oxidation sites excluding steroid dienone is 1. The summed E-state index contributed by atoms with van der Waals surface area (Å²) in [6.45, 7) is 11.6. The van der Waals surface area contributed by atoms with E-state index in [9.17, 15) is 23.6 Å². The quantitative estimate of drug-likeness (QED) is 0.552. The second-order valence-corrected chi connectivity index (χ2v) is 12.0. The predicted molar refractivity (Wildman–Crippen MR) is 129 cm³/mol. The molecule has 2 rings (SSSR count). The molecule has 0 saturated heterocycles. The number of benzene rings is 2. The lowest BCUT2D eigenvalue weighted by Crippen LogP contribution is -2.18. The van der Waals surface area contributed by atoms with E-state index in [2.05, 4.69) is 0 Å². The average molecular weight is 470 g/mol. The van der Waals surface area contributed by atoms with E-state index < -0.39 is 26.6 Å². The second kappa shape index (κ2) is 9.40. The molecule has 0 fully saturated rings. The summed E-state index contributed by atoms with van der Waals surface area (Å²) in [6, 6.07) is 11.1. The van der Waals surface area contributed by atoms with E-state index in [1.807, 2.05) is 47.6 Å². The summed E-state index contributed by atoms with van der Waals surface area (Å²) >= 11 is 0. The van der Waals surface area contributed by atoms with Crippen molar-refractivity contribution in [1.29, 1.82) is 5.26 Å². The van der Waals surface area contributed by atoms with Crippen molar-refractivity contribution >= 4 is 20.7 Å². The number of rotatable bonds is 6. The van der Waals surface area contributed by atoms with Gasteiger partial charge in [-0.05, 0) is 52.6 Å². The largest absolute Gasteiger partial charge is 0.507 e. The number of nitrogens with zero attached hydrogens (tertiary/aromatic N) is 1. The molecule has 0 bridgehead atoms. The third-order valence-corrected chi connectivity index (χ3v) is 7.18. The monoisotopic (exact) mass is 469 g/mol. The van der Waals surface area contributed by atoms with Crippen molar-refractivity contribution in [3.63, 3.8) is 0 Å². The zero-order chi connectivity index (χ0) is 25.2. The smallest absolute Gasteiger partial charge is 0.303 e. The Labute approximate surface area is 196 Å². The molecule has 0 aliphatic carbocycles. The number of aliphatic carboxylic acids is 1. The van der Waals surface area contributed by atoms with Crippen LogP contribution in [-0.4, -0.2) is 24.6 Å². The van der Waals surface area contributed by atoms with Crippen LogP contribution in [0.5, 0.6) is 5.75 Å². The van der Waals surface area contributed by atoms with Gasteiger partial charge >= 0.3 is 5.97 Å². The summed E-state index contributed by atoms with van der Waals surface area (Å²) in [6.07, 6.45) is 1.25. The van der Waals surface area contributed by atoms with Crippen molar-refractivity contribution in [3.05, 3.63) is 64.7 Å². The number of carboxylic acid groups (broad SMARTS) is 1. The highest BCUT2D eigenvalue weighted by atomic mass is 32.2. The lowest BCUT2D eigenvalue weighted by Gasteiger charge is -2.28. The highest BCUT2D eigenvalue weighted by Crippen LogP contribution is 2.42. The molecule has 0 unspecified atom stereocenters. The predicted octanol–water partition coefficient (Wildman–Crippen LogP) is 5.34. The first kappa shape index (κ1) is 26.1. The van der Waals surface area contributed by atoms with E-state index in [0.29, 0.717) is 28.7 Å². The number of phenols is 1. The van der Waals surface area contributed by atoms with Crippen molar-refractivity contribution in [2.75, 3.05) is 0 Å². The Morgan fingerprint density at radius 1 is 1.00 bits per heavy atom. The van der Waals surface area contributed by atoms with Gasteiger partial charge in [0.2, 0.25) is 9.84 Å². The van der Waals surface area contributed by atoms with Gasteiger partial charge in [0.05, 0.1) is 15.9 Å². The van der Waals surface area contributed by atoms with Gasteiger partial charge in [-0.2, -0.15) is 5.26 Å². The molecular formula is C26H31NO5S. The van der Waals surface area contributed by atoms with Gasteiger partial charge < -0.3 is 10.2 Å². The molecular weight excluding hydrogens is 438 g/mol. The number of phenolic OH excluding ortho intramolecular Hbond substituents is 1. The van der Waals surface area contributed by atoms with Gasteiger partial charge in [-0.15, -0.1) is 0 Å². The summed E-state index contributed by atoms with van der Waals surface area (Å²) in [5.74, 6) is -0.808. The van der Waals surface area contributed by atoms with Crippen LogP contribution in [0.15, 0.2) is 47.4 Å². The van der Waals surface area contributed by atoms with E-state index in [-0.39, 0.29) is 22.0 Å². The zero-order valence-electron chi connectivity index (χ0n) is 19.9. The van der Waals surface area contributed by atoms with Gasteiger partial charge in [-0.25, -0.2) is 8.42 Å². The average Bonchev–Trinajstić information content (AvgIpc) is 2.69. The third-order valence-electron chi connectivity index (χ3n) is 5.36. The molecule has 176 valence electrons. The molecule has 0 radical (unpaired) electrons. The molecule has 7 heteroatoms. The fourth-order valence-electron chi connectivity index (χ4n) is 3.51. The van der Waals surface area contributed by atoms with Gasteiger partial charge in [0.25, 0.3) is 0 Å². The maximum Gasteiger partial charge on any atom is 0.303 e. The molecule has 0 aliphatic rings. The van der Waals surface area contributed by atoms with Gasteiger partial charge in [0, 0.05) is 23.6 Å². The molecule has 2 N–H and O–H groups in total. The molecule has 6 nitrogen and oxygen atoms in total. The minimum atomic E-state index is -4.06. The summed E-state index contributed by atoms with van der Waals surface area (Å²) < 4.78 is 27.1. The Balaban J connectivity index is 2.68. The SMILES string of the molecule is CC(C)(C)c1cc(/C(=C\C#N)S(=O)(=O)c2ccc(CCC(=O)O)cc2)cc(C(C)(C)C)c1O. The van der Waals surface area contributed by atoms with E-state index >= 15 is 0 Å². The van der Waals surface area contributed by atoms with Crippen molar-refractivity contribution in [2.24, 2.45) is 0 Å². The summed E-state index contributed by atoms with van der Waals surface area (Å²) in [7, 11) is -4.06. The fourth-order valence-corrected chi connectivity index (χ4v) is 4.89. The topological polar surface area (TPSA) is 115 Å². The summed E-state index contributed by atoms with van der Waals surface area (Å²) in [4.78, 5) is 10.6. The van der Waals surface area contributed by atoms with Gasteiger partial charge in [0.1, 0.15) is 5.75 Å². The van der Waals surface area contributed by atoms with Crippen molar-refractivity contribution < 1.29 is 23.4 Å². The van der Waals surface area contributed by atoms with Gasteiger partial charge in [-0.1, -0.05) is 53.7 Å². The number of carboxylic acids is 1.